The molecule has 2 fully saturated rings. The van der Waals surface area contributed by atoms with E-state index in [0.29, 0.717) is 11.8 Å². The van der Waals surface area contributed by atoms with Gasteiger partial charge in [0.1, 0.15) is 5.75 Å². The molecular formula is C17H24N2O2. The van der Waals surface area contributed by atoms with E-state index in [9.17, 15) is 4.79 Å². The molecule has 1 aromatic rings. The van der Waals surface area contributed by atoms with E-state index in [1.807, 2.05) is 12.1 Å². The average Bonchev–Trinajstić information content (AvgIpc) is 3.15. The third-order valence-corrected chi connectivity index (χ3v) is 4.85. The SMILES string of the molecule is COc1cccc(C2CCCN2C(=O)[C@@H]2CNC[C@H]2C)c1. The lowest BCUT2D eigenvalue weighted by molar-refractivity contribution is -0.137. The van der Waals surface area contributed by atoms with Crippen molar-refractivity contribution in [3.8, 4) is 5.75 Å². The van der Waals surface area contributed by atoms with E-state index >= 15 is 0 Å². The van der Waals surface area contributed by atoms with Crippen LogP contribution in [0.15, 0.2) is 24.3 Å². The van der Waals surface area contributed by atoms with Crippen molar-refractivity contribution in [3.05, 3.63) is 29.8 Å². The summed E-state index contributed by atoms with van der Waals surface area (Å²) in [7, 11) is 1.68. The van der Waals surface area contributed by atoms with Crippen molar-refractivity contribution in [2.24, 2.45) is 11.8 Å². The summed E-state index contributed by atoms with van der Waals surface area (Å²) in [5.74, 6) is 1.75. The van der Waals surface area contributed by atoms with Crippen LogP contribution in [-0.4, -0.2) is 37.6 Å². The number of amides is 1. The smallest absolute Gasteiger partial charge is 0.227 e. The highest BCUT2D eigenvalue weighted by Crippen LogP contribution is 2.35. The Balaban J connectivity index is 1.80. The second-order valence-corrected chi connectivity index (χ2v) is 6.21. The molecule has 2 heterocycles. The van der Waals surface area contributed by atoms with Gasteiger partial charge in [0.2, 0.25) is 5.91 Å². The number of nitrogens with one attached hydrogen (secondary N) is 1. The van der Waals surface area contributed by atoms with Gasteiger partial charge in [0.15, 0.2) is 0 Å². The Bertz CT molecular complexity index is 517. The van der Waals surface area contributed by atoms with Gasteiger partial charge in [0.25, 0.3) is 0 Å². The molecular weight excluding hydrogens is 264 g/mol. The highest BCUT2D eigenvalue weighted by molar-refractivity contribution is 5.80. The van der Waals surface area contributed by atoms with Gasteiger partial charge in [-0.2, -0.15) is 0 Å². The Kier molecular flexibility index (Phi) is 4.15. The predicted molar refractivity (Wildman–Crippen MR) is 82.2 cm³/mol. The van der Waals surface area contributed by atoms with Crippen molar-refractivity contribution in [1.29, 1.82) is 0 Å². The maximum absolute atomic E-state index is 12.9. The molecule has 21 heavy (non-hydrogen) atoms. The predicted octanol–water partition coefficient (Wildman–Crippen LogP) is 2.21. The Morgan fingerprint density at radius 2 is 2.24 bits per heavy atom. The van der Waals surface area contributed by atoms with Crippen molar-refractivity contribution < 1.29 is 9.53 Å². The van der Waals surface area contributed by atoms with Crippen LogP contribution in [0, 0.1) is 11.8 Å². The first-order valence-corrected chi connectivity index (χ1v) is 7.86. The number of hydrogen-bond donors (Lipinski definition) is 1. The highest BCUT2D eigenvalue weighted by atomic mass is 16.5. The standard InChI is InChI=1S/C17H24N2O2/c1-12-10-18-11-15(12)17(20)19-8-4-7-16(19)13-5-3-6-14(9-13)21-2/h3,5-6,9,12,15-16,18H,4,7-8,10-11H2,1-2H3/t12-,15-,16?/m1/s1. The van der Waals surface area contributed by atoms with Gasteiger partial charge in [-0.1, -0.05) is 19.1 Å². The lowest BCUT2D eigenvalue weighted by atomic mass is 9.95. The number of benzene rings is 1. The van der Waals surface area contributed by atoms with Crippen molar-refractivity contribution in [1.82, 2.24) is 10.2 Å². The summed E-state index contributed by atoms with van der Waals surface area (Å²) < 4.78 is 5.31. The molecule has 2 aliphatic heterocycles. The van der Waals surface area contributed by atoms with E-state index < -0.39 is 0 Å². The van der Waals surface area contributed by atoms with E-state index in [1.165, 1.54) is 5.56 Å². The zero-order valence-corrected chi connectivity index (χ0v) is 12.8. The molecule has 2 saturated heterocycles. The molecule has 3 atom stereocenters. The van der Waals surface area contributed by atoms with E-state index in [1.54, 1.807) is 7.11 Å². The zero-order chi connectivity index (χ0) is 14.8. The van der Waals surface area contributed by atoms with Crippen LogP contribution in [0.3, 0.4) is 0 Å². The second-order valence-electron chi connectivity index (χ2n) is 6.21. The summed E-state index contributed by atoms with van der Waals surface area (Å²) in [5, 5.41) is 3.33. The second kappa shape index (κ2) is 6.06. The molecule has 2 aliphatic rings. The fraction of sp³-hybridized carbons (Fsp3) is 0.588. The van der Waals surface area contributed by atoms with Gasteiger partial charge in [-0.05, 0) is 43.0 Å². The summed E-state index contributed by atoms with van der Waals surface area (Å²) in [6.07, 6.45) is 2.13. The molecule has 1 unspecified atom stereocenters. The minimum atomic E-state index is 0.135. The van der Waals surface area contributed by atoms with Crippen molar-refractivity contribution in [2.45, 2.75) is 25.8 Å². The zero-order valence-electron chi connectivity index (χ0n) is 12.8. The first kappa shape index (κ1) is 14.4. The maximum atomic E-state index is 12.9. The Morgan fingerprint density at radius 1 is 1.38 bits per heavy atom. The molecule has 4 heteroatoms. The monoisotopic (exact) mass is 288 g/mol. The first-order chi connectivity index (χ1) is 10.2. The number of carbonyl (C=O) groups is 1. The number of likely N-dealkylation sites (tertiary alicyclic amines) is 1. The van der Waals surface area contributed by atoms with Gasteiger partial charge in [-0.25, -0.2) is 0 Å². The van der Waals surface area contributed by atoms with Crippen LogP contribution in [0.1, 0.15) is 31.4 Å². The molecule has 0 radical (unpaired) electrons. The summed E-state index contributed by atoms with van der Waals surface area (Å²) in [5.41, 5.74) is 1.19. The molecule has 1 N–H and O–H groups in total. The molecule has 0 saturated carbocycles. The first-order valence-electron chi connectivity index (χ1n) is 7.86. The van der Waals surface area contributed by atoms with Gasteiger partial charge in [-0.15, -0.1) is 0 Å². The average molecular weight is 288 g/mol. The van der Waals surface area contributed by atoms with E-state index in [2.05, 4.69) is 29.3 Å². The molecule has 0 aliphatic carbocycles. The van der Waals surface area contributed by atoms with Gasteiger partial charge >= 0.3 is 0 Å². The molecule has 0 aromatic heterocycles. The van der Waals surface area contributed by atoms with Crippen molar-refractivity contribution in [3.63, 3.8) is 0 Å². The minimum Gasteiger partial charge on any atom is -0.497 e. The summed E-state index contributed by atoms with van der Waals surface area (Å²) in [6, 6.07) is 8.34. The molecule has 0 spiro atoms. The van der Waals surface area contributed by atoms with E-state index in [-0.39, 0.29) is 12.0 Å². The number of rotatable bonds is 3. The van der Waals surface area contributed by atoms with Crippen molar-refractivity contribution >= 4 is 5.91 Å². The van der Waals surface area contributed by atoms with E-state index in [4.69, 9.17) is 4.74 Å². The number of nitrogens with zero attached hydrogens (tertiary/aromatic N) is 1. The fourth-order valence-corrected chi connectivity index (χ4v) is 3.58. The van der Waals surface area contributed by atoms with Crippen LogP contribution in [0.2, 0.25) is 0 Å². The van der Waals surface area contributed by atoms with E-state index in [0.717, 1.165) is 38.2 Å². The lowest BCUT2D eigenvalue weighted by Gasteiger charge is -2.29. The summed E-state index contributed by atoms with van der Waals surface area (Å²) >= 11 is 0. The van der Waals surface area contributed by atoms with Gasteiger partial charge < -0.3 is 15.0 Å². The van der Waals surface area contributed by atoms with Gasteiger partial charge in [-0.3, -0.25) is 4.79 Å². The third-order valence-electron chi connectivity index (χ3n) is 4.85. The maximum Gasteiger partial charge on any atom is 0.227 e. The Morgan fingerprint density at radius 3 is 2.95 bits per heavy atom. The Hall–Kier alpha value is -1.55. The molecule has 1 aromatic carbocycles. The Labute approximate surface area is 126 Å². The van der Waals surface area contributed by atoms with Gasteiger partial charge in [0, 0.05) is 13.1 Å². The van der Waals surface area contributed by atoms with Crippen LogP contribution in [0.5, 0.6) is 5.75 Å². The molecule has 0 bridgehead atoms. The topological polar surface area (TPSA) is 41.6 Å². The van der Waals surface area contributed by atoms with Crippen molar-refractivity contribution in [2.75, 3.05) is 26.7 Å². The quantitative estimate of drug-likeness (QED) is 0.927. The van der Waals surface area contributed by atoms with Crippen LogP contribution in [0.4, 0.5) is 0 Å². The number of methoxy groups -OCH3 is 1. The van der Waals surface area contributed by atoms with Crippen LogP contribution in [0.25, 0.3) is 0 Å². The fourth-order valence-electron chi connectivity index (χ4n) is 3.58. The number of hydrogen-bond acceptors (Lipinski definition) is 3. The number of carbonyl (C=O) groups excluding carboxylic acids is 1. The minimum absolute atomic E-state index is 0.135. The summed E-state index contributed by atoms with van der Waals surface area (Å²) in [4.78, 5) is 14.9. The normalized spacial score (nSPS) is 28.9. The third kappa shape index (κ3) is 2.77. The summed E-state index contributed by atoms with van der Waals surface area (Å²) in [6.45, 7) is 4.82. The number of ether oxygens (including phenoxy) is 1. The molecule has 114 valence electrons. The molecule has 1 amide bonds. The molecule has 3 rings (SSSR count). The van der Waals surface area contributed by atoms with Crippen LogP contribution < -0.4 is 10.1 Å². The van der Waals surface area contributed by atoms with Crippen LogP contribution in [-0.2, 0) is 4.79 Å². The van der Waals surface area contributed by atoms with Crippen LogP contribution >= 0.6 is 0 Å². The lowest BCUT2D eigenvalue weighted by Crippen LogP contribution is -2.38. The highest BCUT2D eigenvalue weighted by Gasteiger charge is 2.37. The molecule has 4 nitrogen and oxygen atoms in total. The van der Waals surface area contributed by atoms with Gasteiger partial charge in [0.05, 0.1) is 19.1 Å². The largest absolute Gasteiger partial charge is 0.497 e.